The Morgan fingerprint density at radius 1 is 1.56 bits per heavy atom. The lowest BCUT2D eigenvalue weighted by Gasteiger charge is -2.19. The average Bonchev–Trinajstić information content (AvgIpc) is 2.69. The molecular formula is C13H21ClN2O2. The van der Waals surface area contributed by atoms with Crippen molar-refractivity contribution in [1.29, 1.82) is 0 Å². The first-order valence-electron chi connectivity index (χ1n) is 6.27. The summed E-state index contributed by atoms with van der Waals surface area (Å²) in [7, 11) is 0. The monoisotopic (exact) mass is 272 g/mol. The molecule has 4 nitrogen and oxygen atoms in total. The van der Waals surface area contributed by atoms with Crippen LogP contribution in [0.3, 0.4) is 0 Å². The number of carbonyl (C=O) groups excluding carboxylic acids is 1. The molecule has 2 unspecified atom stereocenters. The molecule has 2 N–H and O–H groups in total. The lowest BCUT2D eigenvalue weighted by atomic mass is 10.1. The van der Waals surface area contributed by atoms with Gasteiger partial charge in [-0.25, -0.2) is 0 Å². The first-order chi connectivity index (χ1) is 8.49. The second kappa shape index (κ2) is 6.81. The molecule has 0 aliphatic carbocycles. The Bertz CT molecular complexity index is 404. The van der Waals surface area contributed by atoms with Crippen molar-refractivity contribution in [3.8, 4) is 0 Å². The third-order valence-corrected chi connectivity index (χ3v) is 3.27. The molecule has 0 radical (unpaired) electrons. The molecule has 0 aliphatic rings. The number of amides is 1. The van der Waals surface area contributed by atoms with Crippen molar-refractivity contribution in [3.63, 3.8) is 0 Å². The summed E-state index contributed by atoms with van der Waals surface area (Å²) in [5, 5.41) is 12.5. The molecule has 1 aromatic rings. The van der Waals surface area contributed by atoms with Crippen molar-refractivity contribution in [1.82, 2.24) is 9.88 Å². The molecule has 0 saturated carbocycles. The quantitative estimate of drug-likeness (QED) is 0.835. The van der Waals surface area contributed by atoms with Crippen LogP contribution in [-0.2, 0) is 6.54 Å². The Hall–Kier alpha value is -1.00. The van der Waals surface area contributed by atoms with Crippen LogP contribution in [0.2, 0.25) is 5.02 Å². The number of aliphatic hydroxyl groups excluding tert-OH is 1. The molecule has 0 fully saturated rings. The Kier molecular flexibility index (Phi) is 5.69. The van der Waals surface area contributed by atoms with E-state index >= 15 is 0 Å². The van der Waals surface area contributed by atoms with Gasteiger partial charge in [0.05, 0.1) is 5.02 Å². The Balaban J connectivity index is 2.77. The molecule has 1 heterocycles. The molecule has 0 aromatic carbocycles. The van der Waals surface area contributed by atoms with E-state index in [1.54, 1.807) is 12.3 Å². The van der Waals surface area contributed by atoms with Gasteiger partial charge >= 0.3 is 0 Å². The van der Waals surface area contributed by atoms with Crippen LogP contribution in [-0.4, -0.2) is 28.2 Å². The molecule has 0 bridgehead atoms. The average molecular weight is 273 g/mol. The highest BCUT2D eigenvalue weighted by Gasteiger charge is 2.18. The number of rotatable bonds is 6. The normalized spacial score (nSPS) is 14.3. The van der Waals surface area contributed by atoms with Gasteiger partial charge in [0.1, 0.15) is 5.69 Å². The van der Waals surface area contributed by atoms with Gasteiger partial charge in [0.25, 0.3) is 5.91 Å². The molecule has 1 aromatic heterocycles. The molecule has 18 heavy (non-hydrogen) atoms. The van der Waals surface area contributed by atoms with Gasteiger partial charge < -0.3 is 15.0 Å². The SMILES string of the molecule is CCCn1cc(Cl)cc1C(=O)NC(C)C(C)CO. The molecule has 2 atom stereocenters. The highest BCUT2D eigenvalue weighted by Crippen LogP contribution is 2.15. The summed E-state index contributed by atoms with van der Waals surface area (Å²) in [5.41, 5.74) is 0.568. The predicted molar refractivity (Wildman–Crippen MR) is 72.9 cm³/mol. The first kappa shape index (κ1) is 15.1. The van der Waals surface area contributed by atoms with Gasteiger partial charge in [-0.3, -0.25) is 4.79 Å². The maximum absolute atomic E-state index is 12.1. The zero-order valence-corrected chi connectivity index (χ0v) is 11.9. The van der Waals surface area contributed by atoms with Crippen molar-refractivity contribution < 1.29 is 9.90 Å². The number of aryl methyl sites for hydroxylation is 1. The summed E-state index contributed by atoms with van der Waals surface area (Å²) >= 11 is 5.93. The Labute approximate surface area is 113 Å². The Morgan fingerprint density at radius 2 is 2.22 bits per heavy atom. The number of hydrogen-bond acceptors (Lipinski definition) is 2. The third-order valence-electron chi connectivity index (χ3n) is 3.06. The molecule has 0 spiro atoms. The summed E-state index contributed by atoms with van der Waals surface area (Å²) in [6.45, 7) is 6.64. The number of aliphatic hydroxyl groups is 1. The smallest absolute Gasteiger partial charge is 0.268 e. The standard InChI is InChI=1S/C13H21ClN2O2/c1-4-5-16-7-11(14)6-12(16)13(18)15-10(3)9(2)8-17/h6-7,9-10,17H,4-5,8H2,1-3H3,(H,15,18). The van der Waals surface area contributed by atoms with E-state index in [4.69, 9.17) is 16.7 Å². The second-order valence-electron chi connectivity index (χ2n) is 4.66. The van der Waals surface area contributed by atoms with E-state index in [0.29, 0.717) is 10.7 Å². The third kappa shape index (κ3) is 3.75. The van der Waals surface area contributed by atoms with Gasteiger partial charge in [-0.05, 0) is 25.3 Å². The van der Waals surface area contributed by atoms with Gasteiger partial charge in [0.15, 0.2) is 0 Å². The minimum absolute atomic E-state index is 0.0269. The molecule has 1 rings (SSSR count). The van der Waals surface area contributed by atoms with Gasteiger partial charge in [0.2, 0.25) is 0 Å². The van der Waals surface area contributed by atoms with E-state index in [-0.39, 0.29) is 24.5 Å². The van der Waals surface area contributed by atoms with E-state index in [0.717, 1.165) is 13.0 Å². The van der Waals surface area contributed by atoms with Gasteiger partial charge in [-0.1, -0.05) is 25.4 Å². The lowest BCUT2D eigenvalue weighted by molar-refractivity contribution is 0.0906. The molecule has 102 valence electrons. The van der Waals surface area contributed by atoms with Crippen LogP contribution in [0.15, 0.2) is 12.3 Å². The molecule has 5 heteroatoms. The van der Waals surface area contributed by atoms with E-state index in [9.17, 15) is 4.79 Å². The van der Waals surface area contributed by atoms with Crippen LogP contribution in [0.4, 0.5) is 0 Å². The Morgan fingerprint density at radius 3 is 2.78 bits per heavy atom. The van der Waals surface area contributed by atoms with Crippen molar-refractivity contribution in [2.24, 2.45) is 5.92 Å². The van der Waals surface area contributed by atoms with E-state index in [1.165, 1.54) is 0 Å². The largest absolute Gasteiger partial charge is 0.396 e. The van der Waals surface area contributed by atoms with E-state index in [1.807, 2.05) is 25.3 Å². The molecule has 1 amide bonds. The first-order valence-corrected chi connectivity index (χ1v) is 6.64. The summed E-state index contributed by atoms with van der Waals surface area (Å²) in [5.74, 6) is -0.123. The van der Waals surface area contributed by atoms with Crippen LogP contribution in [0.1, 0.15) is 37.7 Å². The topological polar surface area (TPSA) is 54.3 Å². The fraction of sp³-hybridized carbons (Fsp3) is 0.615. The zero-order chi connectivity index (χ0) is 13.7. The maximum Gasteiger partial charge on any atom is 0.268 e. The summed E-state index contributed by atoms with van der Waals surface area (Å²) < 4.78 is 1.86. The molecular weight excluding hydrogens is 252 g/mol. The summed E-state index contributed by atoms with van der Waals surface area (Å²) in [6, 6.07) is 1.59. The number of nitrogens with zero attached hydrogens (tertiary/aromatic N) is 1. The van der Waals surface area contributed by atoms with E-state index < -0.39 is 0 Å². The number of halogens is 1. The minimum atomic E-state index is -0.150. The van der Waals surface area contributed by atoms with Crippen molar-refractivity contribution >= 4 is 17.5 Å². The van der Waals surface area contributed by atoms with Crippen LogP contribution >= 0.6 is 11.6 Å². The van der Waals surface area contributed by atoms with Crippen molar-refractivity contribution in [2.75, 3.05) is 6.61 Å². The summed E-state index contributed by atoms with van der Waals surface area (Å²) in [6.07, 6.45) is 2.70. The lowest BCUT2D eigenvalue weighted by Crippen LogP contribution is -2.39. The van der Waals surface area contributed by atoms with Crippen molar-refractivity contribution in [3.05, 3.63) is 23.0 Å². The highest BCUT2D eigenvalue weighted by atomic mass is 35.5. The number of aromatic nitrogens is 1. The summed E-state index contributed by atoms with van der Waals surface area (Å²) in [4.78, 5) is 12.1. The number of nitrogens with one attached hydrogen (secondary N) is 1. The fourth-order valence-corrected chi connectivity index (χ4v) is 1.89. The maximum atomic E-state index is 12.1. The van der Waals surface area contributed by atoms with E-state index in [2.05, 4.69) is 5.32 Å². The van der Waals surface area contributed by atoms with Crippen LogP contribution < -0.4 is 5.32 Å². The van der Waals surface area contributed by atoms with Gasteiger partial charge in [-0.2, -0.15) is 0 Å². The molecule has 0 aliphatic heterocycles. The predicted octanol–water partition coefficient (Wildman–Crippen LogP) is 2.30. The number of carbonyl (C=O) groups is 1. The van der Waals surface area contributed by atoms with Gasteiger partial charge in [-0.15, -0.1) is 0 Å². The molecule has 0 saturated heterocycles. The van der Waals surface area contributed by atoms with Gasteiger partial charge in [0, 0.05) is 25.4 Å². The fourth-order valence-electron chi connectivity index (χ4n) is 1.67. The van der Waals surface area contributed by atoms with Crippen LogP contribution in [0.25, 0.3) is 0 Å². The van der Waals surface area contributed by atoms with Crippen molar-refractivity contribution in [2.45, 2.75) is 39.8 Å². The zero-order valence-electron chi connectivity index (χ0n) is 11.1. The second-order valence-corrected chi connectivity index (χ2v) is 5.10. The minimum Gasteiger partial charge on any atom is -0.396 e. The van der Waals surface area contributed by atoms with Crippen LogP contribution in [0, 0.1) is 5.92 Å². The number of hydrogen-bond donors (Lipinski definition) is 2. The highest BCUT2D eigenvalue weighted by molar-refractivity contribution is 6.31. The van der Waals surface area contributed by atoms with Crippen LogP contribution in [0.5, 0.6) is 0 Å².